The van der Waals surface area contributed by atoms with Gasteiger partial charge in [-0.05, 0) is 32.2 Å². The molecule has 0 aliphatic rings. The summed E-state index contributed by atoms with van der Waals surface area (Å²) >= 11 is 1.47. The Hall–Kier alpha value is -1.74. The number of hydrogen-bond acceptors (Lipinski definition) is 5. The molecule has 6 nitrogen and oxygen atoms in total. The second-order valence-corrected chi connectivity index (χ2v) is 8.64. The van der Waals surface area contributed by atoms with E-state index < -0.39 is 15.6 Å². The van der Waals surface area contributed by atoms with Crippen LogP contribution in [0.2, 0.25) is 0 Å². The molecule has 0 saturated heterocycles. The number of hydrogen-bond donors (Lipinski definition) is 2. The lowest BCUT2D eigenvalue weighted by Gasteiger charge is -2.22. The SMILES string of the molecule is CNS(=O)(=O)C[C@](C)(N)c1cc2c(cnn2-c2ccccc2)s1. The molecule has 0 fully saturated rings. The van der Waals surface area contributed by atoms with E-state index >= 15 is 0 Å². The predicted octanol–water partition coefficient (Wildman–Crippen LogP) is 1.81. The first-order chi connectivity index (χ1) is 10.8. The molecule has 0 saturated carbocycles. The van der Waals surface area contributed by atoms with Crippen molar-refractivity contribution in [2.24, 2.45) is 5.73 Å². The molecule has 0 aliphatic heterocycles. The molecule has 1 atom stereocenters. The van der Waals surface area contributed by atoms with Crippen LogP contribution in [0.3, 0.4) is 0 Å². The number of fused-ring (bicyclic) bond motifs is 1. The van der Waals surface area contributed by atoms with Crippen LogP contribution < -0.4 is 10.5 Å². The van der Waals surface area contributed by atoms with E-state index in [2.05, 4.69) is 9.82 Å². The Kier molecular flexibility index (Phi) is 4.01. The lowest BCUT2D eigenvalue weighted by atomic mass is 10.1. The molecule has 2 heterocycles. The highest BCUT2D eigenvalue weighted by Crippen LogP contribution is 2.33. The fourth-order valence-electron chi connectivity index (χ4n) is 2.42. The Bertz CT molecular complexity index is 927. The molecule has 1 aromatic carbocycles. The average molecular weight is 350 g/mol. The van der Waals surface area contributed by atoms with Crippen molar-refractivity contribution in [1.29, 1.82) is 0 Å². The van der Waals surface area contributed by atoms with E-state index in [1.165, 1.54) is 18.4 Å². The summed E-state index contributed by atoms with van der Waals surface area (Å²) < 4.78 is 28.8. The minimum Gasteiger partial charge on any atom is -0.320 e. The first-order valence-corrected chi connectivity index (χ1v) is 9.53. The van der Waals surface area contributed by atoms with Crippen LogP contribution in [0.4, 0.5) is 0 Å². The van der Waals surface area contributed by atoms with Gasteiger partial charge in [0.1, 0.15) is 0 Å². The van der Waals surface area contributed by atoms with Crippen molar-refractivity contribution in [1.82, 2.24) is 14.5 Å². The molecule has 0 bridgehead atoms. The van der Waals surface area contributed by atoms with Crippen molar-refractivity contribution in [3.05, 3.63) is 47.5 Å². The Morgan fingerprint density at radius 1 is 1.35 bits per heavy atom. The predicted molar refractivity (Wildman–Crippen MR) is 93.3 cm³/mol. The van der Waals surface area contributed by atoms with Gasteiger partial charge in [0.25, 0.3) is 0 Å². The van der Waals surface area contributed by atoms with Gasteiger partial charge in [-0.2, -0.15) is 5.10 Å². The Balaban J connectivity index is 2.03. The number of benzene rings is 1. The van der Waals surface area contributed by atoms with Crippen molar-refractivity contribution < 1.29 is 8.42 Å². The van der Waals surface area contributed by atoms with E-state index in [-0.39, 0.29) is 5.75 Å². The summed E-state index contributed by atoms with van der Waals surface area (Å²) in [5.41, 5.74) is 7.19. The zero-order chi connectivity index (χ0) is 16.7. The average Bonchev–Trinajstić information content (AvgIpc) is 3.07. The topological polar surface area (TPSA) is 90.0 Å². The zero-order valence-corrected chi connectivity index (χ0v) is 14.5. The van der Waals surface area contributed by atoms with Crippen molar-refractivity contribution in [2.75, 3.05) is 12.8 Å². The van der Waals surface area contributed by atoms with Crippen LogP contribution in [-0.4, -0.2) is 31.0 Å². The molecule has 0 aliphatic carbocycles. The van der Waals surface area contributed by atoms with Gasteiger partial charge in [0.05, 0.1) is 33.4 Å². The maximum Gasteiger partial charge on any atom is 0.213 e. The highest BCUT2D eigenvalue weighted by molar-refractivity contribution is 7.89. The highest BCUT2D eigenvalue weighted by atomic mass is 32.2. The molecule has 3 rings (SSSR count). The van der Waals surface area contributed by atoms with Crippen LogP contribution in [0.15, 0.2) is 42.6 Å². The molecule has 0 unspecified atom stereocenters. The second-order valence-electron chi connectivity index (χ2n) is 5.63. The zero-order valence-electron chi connectivity index (χ0n) is 12.9. The largest absolute Gasteiger partial charge is 0.320 e. The van der Waals surface area contributed by atoms with Crippen molar-refractivity contribution in [3.8, 4) is 5.69 Å². The molecule has 2 aromatic heterocycles. The molecule has 0 radical (unpaired) electrons. The third-order valence-electron chi connectivity index (χ3n) is 3.62. The van der Waals surface area contributed by atoms with Gasteiger partial charge in [-0.25, -0.2) is 17.8 Å². The Morgan fingerprint density at radius 2 is 2.04 bits per heavy atom. The van der Waals surface area contributed by atoms with Gasteiger partial charge < -0.3 is 5.73 Å². The van der Waals surface area contributed by atoms with E-state index in [1.807, 2.05) is 41.1 Å². The molecule has 0 amide bonds. The van der Waals surface area contributed by atoms with Gasteiger partial charge >= 0.3 is 0 Å². The highest BCUT2D eigenvalue weighted by Gasteiger charge is 2.30. The fraction of sp³-hybridized carbons (Fsp3) is 0.267. The Labute approximate surface area is 139 Å². The maximum atomic E-state index is 11.8. The van der Waals surface area contributed by atoms with E-state index in [0.29, 0.717) is 0 Å². The first-order valence-electron chi connectivity index (χ1n) is 7.06. The number of para-hydroxylation sites is 1. The van der Waals surface area contributed by atoms with Crippen LogP contribution in [0.5, 0.6) is 0 Å². The molecular weight excluding hydrogens is 332 g/mol. The summed E-state index contributed by atoms with van der Waals surface area (Å²) in [4.78, 5) is 0.813. The molecule has 122 valence electrons. The minimum absolute atomic E-state index is 0.168. The summed E-state index contributed by atoms with van der Waals surface area (Å²) in [7, 11) is -2.01. The van der Waals surface area contributed by atoms with Gasteiger partial charge in [0.15, 0.2) is 0 Å². The van der Waals surface area contributed by atoms with Gasteiger partial charge in [0, 0.05) is 4.88 Å². The maximum absolute atomic E-state index is 11.8. The minimum atomic E-state index is -3.40. The quantitative estimate of drug-likeness (QED) is 0.734. The summed E-state index contributed by atoms with van der Waals surface area (Å²) in [5, 5.41) is 4.40. The lowest BCUT2D eigenvalue weighted by molar-refractivity contribution is 0.531. The third kappa shape index (κ3) is 3.16. The van der Waals surface area contributed by atoms with E-state index in [9.17, 15) is 8.42 Å². The van der Waals surface area contributed by atoms with Crippen molar-refractivity contribution >= 4 is 31.6 Å². The second kappa shape index (κ2) is 5.72. The molecule has 23 heavy (non-hydrogen) atoms. The van der Waals surface area contributed by atoms with Crippen LogP contribution >= 0.6 is 11.3 Å². The standard InChI is InChI=1S/C15H18N4O2S2/c1-15(16,10-23(20,21)17-2)14-8-12-13(22-14)9-18-19(12)11-6-4-3-5-7-11/h3-9,17H,10,16H2,1-2H3/t15-/m0/s1. The fourth-order valence-corrected chi connectivity index (χ4v) is 4.66. The lowest BCUT2D eigenvalue weighted by Crippen LogP contribution is -2.42. The van der Waals surface area contributed by atoms with Gasteiger partial charge in [-0.1, -0.05) is 18.2 Å². The van der Waals surface area contributed by atoms with Crippen molar-refractivity contribution in [3.63, 3.8) is 0 Å². The van der Waals surface area contributed by atoms with Gasteiger partial charge in [0.2, 0.25) is 10.0 Å². The molecule has 8 heteroatoms. The van der Waals surface area contributed by atoms with Crippen LogP contribution in [0.25, 0.3) is 15.9 Å². The monoisotopic (exact) mass is 350 g/mol. The van der Waals surface area contributed by atoms with Crippen LogP contribution in [0.1, 0.15) is 11.8 Å². The number of nitrogens with one attached hydrogen (secondary N) is 1. The number of nitrogens with two attached hydrogens (primary N) is 1. The van der Waals surface area contributed by atoms with E-state index in [4.69, 9.17) is 5.73 Å². The molecule has 0 spiro atoms. The van der Waals surface area contributed by atoms with Gasteiger partial charge in [-0.3, -0.25) is 0 Å². The number of rotatable bonds is 5. The number of nitrogens with zero attached hydrogens (tertiary/aromatic N) is 2. The normalized spacial score (nSPS) is 14.9. The number of thiophene rings is 1. The molecular formula is C15H18N4O2S2. The van der Waals surface area contributed by atoms with Crippen LogP contribution in [0, 0.1) is 0 Å². The van der Waals surface area contributed by atoms with E-state index in [1.54, 1.807) is 13.1 Å². The number of sulfonamides is 1. The Morgan fingerprint density at radius 3 is 2.70 bits per heavy atom. The van der Waals surface area contributed by atoms with Crippen molar-refractivity contribution in [2.45, 2.75) is 12.5 Å². The van der Waals surface area contributed by atoms with Crippen LogP contribution in [-0.2, 0) is 15.6 Å². The third-order valence-corrected chi connectivity index (χ3v) is 6.56. The van der Waals surface area contributed by atoms with E-state index in [0.717, 1.165) is 20.8 Å². The summed E-state index contributed by atoms with van der Waals surface area (Å²) in [6.07, 6.45) is 1.78. The summed E-state index contributed by atoms with van der Waals surface area (Å²) in [5.74, 6) is -0.168. The number of aromatic nitrogens is 2. The summed E-state index contributed by atoms with van der Waals surface area (Å²) in [6.45, 7) is 1.73. The first kappa shape index (κ1) is 16.1. The molecule has 3 N–H and O–H groups in total. The summed E-state index contributed by atoms with van der Waals surface area (Å²) in [6, 6.07) is 11.7. The van der Waals surface area contributed by atoms with Gasteiger partial charge in [-0.15, -0.1) is 11.3 Å². The molecule has 3 aromatic rings. The smallest absolute Gasteiger partial charge is 0.213 e.